The SMILES string of the molecule is COCC1(CC2CCOC2)CCCCN1. The van der Waals surface area contributed by atoms with E-state index < -0.39 is 0 Å². The summed E-state index contributed by atoms with van der Waals surface area (Å²) in [4.78, 5) is 0. The molecule has 0 bridgehead atoms. The lowest BCUT2D eigenvalue weighted by Gasteiger charge is -2.39. The first kappa shape index (κ1) is 11.4. The maximum atomic E-state index is 5.45. The number of rotatable bonds is 4. The van der Waals surface area contributed by atoms with Gasteiger partial charge in [0.2, 0.25) is 0 Å². The van der Waals surface area contributed by atoms with Crippen molar-refractivity contribution >= 4 is 0 Å². The average Bonchev–Trinajstić information content (AvgIpc) is 2.72. The molecule has 2 atom stereocenters. The van der Waals surface area contributed by atoms with E-state index in [1.807, 2.05) is 7.11 Å². The Kier molecular flexibility index (Phi) is 4.00. The standard InChI is InChI=1S/C12H23NO2/c1-14-10-12(5-2-3-6-13-12)8-11-4-7-15-9-11/h11,13H,2-10H2,1H3. The molecule has 0 radical (unpaired) electrons. The summed E-state index contributed by atoms with van der Waals surface area (Å²) in [6, 6.07) is 0. The molecule has 0 amide bonds. The summed E-state index contributed by atoms with van der Waals surface area (Å²) in [7, 11) is 1.81. The summed E-state index contributed by atoms with van der Waals surface area (Å²) >= 11 is 0. The highest BCUT2D eigenvalue weighted by Gasteiger charge is 2.35. The van der Waals surface area contributed by atoms with Gasteiger partial charge in [-0.1, -0.05) is 6.42 Å². The Labute approximate surface area is 92.5 Å². The molecule has 2 saturated heterocycles. The van der Waals surface area contributed by atoms with E-state index in [0.717, 1.165) is 32.3 Å². The molecule has 2 unspecified atom stereocenters. The highest BCUT2D eigenvalue weighted by molar-refractivity contribution is 4.93. The predicted molar refractivity (Wildman–Crippen MR) is 60.0 cm³/mol. The highest BCUT2D eigenvalue weighted by atomic mass is 16.5. The number of piperidine rings is 1. The topological polar surface area (TPSA) is 30.5 Å². The summed E-state index contributed by atoms with van der Waals surface area (Å²) in [5, 5.41) is 3.68. The van der Waals surface area contributed by atoms with Crippen molar-refractivity contribution in [2.45, 2.75) is 37.6 Å². The summed E-state index contributed by atoms with van der Waals surface area (Å²) in [5.74, 6) is 0.741. The molecule has 1 N–H and O–H groups in total. The normalized spacial score (nSPS) is 37.0. The van der Waals surface area contributed by atoms with Crippen molar-refractivity contribution in [2.24, 2.45) is 5.92 Å². The van der Waals surface area contributed by atoms with Crippen LogP contribution in [0.2, 0.25) is 0 Å². The van der Waals surface area contributed by atoms with Crippen LogP contribution in [0.3, 0.4) is 0 Å². The Balaban J connectivity index is 1.90. The number of methoxy groups -OCH3 is 1. The van der Waals surface area contributed by atoms with Gasteiger partial charge >= 0.3 is 0 Å². The Bertz CT molecular complexity index is 179. The van der Waals surface area contributed by atoms with Gasteiger partial charge in [0.05, 0.1) is 6.61 Å². The van der Waals surface area contributed by atoms with Crippen LogP contribution in [0.5, 0.6) is 0 Å². The van der Waals surface area contributed by atoms with Crippen LogP contribution >= 0.6 is 0 Å². The Morgan fingerprint density at radius 3 is 3.00 bits per heavy atom. The maximum Gasteiger partial charge on any atom is 0.0644 e. The third-order valence-electron chi connectivity index (χ3n) is 3.71. The summed E-state index contributed by atoms with van der Waals surface area (Å²) in [6.45, 7) is 3.90. The molecule has 0 saturated carbocycles. The minimum atomic E-state index is 0.241. The van der Waals surface area contributed by atoms with Gasteiger partial charge in [0, 0.05) is 25.9 Å². The molecule has 0 aromatic rings. The molecule has 0 aliphatic carbocycles. The molecule has 2 rings (SSSR count). The van der Waals surface area contributed by atoms with Crippen LogP contribution in [0, 0.1) is 5.92 Å². The molecule has 15 heavy (non-hydrogen) atoms. The van der Waals surface area contributed by atoms with Crippen LogP contribution in [0.4, 0.5) is 0 Å². The van der Waals surface area contributed by atoms with E-state index in [1.165, 1.54) is 32.1 Å². The molecule has 2 aliphatic rings. The molecule has 0 spiro atoms. The number of ether oxygens (including phenoxy) is 2. The lowest BCUT2D eigenvalue weighted by molar-refractivity contribution is 0.0686. The summed E-state index contributed by atoms with van der Waals surface area (Å²) < 4.78 is 10.8. The smallest absolute Gasteiger partial charge is 0.0644 e. The molecule has 2 fully saturated rings. The van der Waals surface area contributed by atoms with E-state index in [1.54, 1.807) is 0 Å². The Morgan fingerprint density at radius 1 is 1.47 bits per heavy atom. The molecular formula is C12H23NO2. The minimum Gasteiger partial charge on any atom is -0.383 e. The average molecular weight is 213 g/mol. The van der Waals surface area contributed by atoms with Gasteiger partial charge in [0.25, 0.3) is 0 Å². The maximum absolute atomic E-state index is 5.45. The van der Waals surface area contributed by atoms with E-state index in [4.69, 9.17) is 9.47 Å². The second kappa shape index (κ2) is 5.28. The van der Waals surface area contributed by atoms with Gasteiger partial charge in [-0.3, -0.25) is 0 Å². The van der Waals surface area contributed by atoms with Gasteiger partial charge in [0.1, 0.15) is 0 Å². The van der Waals surface area contributed by atoms with Gasteiger partial charge < -0.3 is 14.8 Å². The van der Waals surface area contributed by atoms with Gasteiger partial charge in [0.15, 0.2) is 0 Å². The molecule has 0 aromatic heterocycles. The van der Waals surface area contributed by atoms with Gasteiger partial charge in [-0.25, -0.2) is 0 Å². The monoisotopic (exact) mass is 213 g/mol. The molecule has 88 valence electrons. The van der Waals surface area contributed by atoms with Gasteiger partial charge in [-0.05, 0) is 38.1 Å². The van der Waals surface area contributed by atoms with Crippen molar-refractivity contribution in [3.05, 3.63) is 0 Å². The largest absolute Gasteiger partial charge is 0.383 e. The van der Waals surface area contributed by atoms with Crippen molar-refractivity contribution in [1.82, 2.24) is 5.32 Å². The Hall–Kier alpha value is -0.120. The second-order valence-electron chi connectivity index (χ2n) is 5.03. The third kappa shape index (κ3) is 2.92. The molecule has 3 nitrogen and oxygen atoms in total. The highest BCUT2D eigenvalue weighted by Crippen LogP contribution is 2.30. The first-order valence-electron chi connectivity index (χ1n) is 6.16. The minimum absolute atomic E-state index is 0.241. The number of nitrogens with one attached hydrogen (secondary N) is 1. The van der Waals surface area contributed by atoms with Crippen LogP contribution in [0.1, 0.15) is 32.1 Å². The zero-order valence-corrected chi connectivity index (χ0v) is 9.76. The molecule has 3 heteroatoms. The first-order chi connectivity index (χ1) is 7.35. The first-order valence-corrected chi connectivity index (χ1v) is 6.16. The van der Waals surface area contributed by atoms with E-state index >= 15 is 0 Å². The molecule has 2 aliphatic heterocycles. The van der Waals surface area contributed by atoms with Crippen LogP contribution in [-0.2, 0) is 9.47 Å². The van der Waals surface area contributed by atoms with E-state index in [-0.39, 0.29) is 5.54 Å². The van der Waals surface area contributed by atoms with Crippen LogP contribution < -0.4 is 5.32 Å². The van der Waals surface area contributed by atoms with Crippen molar-refractivity contribution in [3.8, 4) is 0 Å². The fourth-order valence-electron chi connectivity index (χ4n) is 2.96. The number of hydrogen-bond donors (Lipinski definition) is 1. The van der Waals surface area contributed by atoms with E-state index in [9.17, 15) is 0 Å². The molecule has 2 heterocycles. The van der Waals surface area contributed by atoms with Crippen molar-refractivity contribution < 1.29 is 9.47 Å². The predicted octanol–water partition coefficient (Wildman–Crippen LogP) is 1.57. The zero-order valence-electron chi connectivity index (χ0n) is 9.76. The fourth-order valence-corrected chi connectivity index (χ4v) is 2.96. The summed E-state index contributed by atoms with van der Waals surface area (Å²) in [5.41, 5.74) is 0.241. The van der Waals surface area contributed by atoms with E-state index in [2.05, 4.69) is 5.32 Å². The van der Waals surface area contributed by atoms with Crippen LogP contribution in [-0.4, -0.2) is 39.0 Å². The molecular weight excluding hydrogens is 190 g/mol. The zero-order chi connectivity index (χ0) is 10.6. The fraction of sp³-hybridized carbons (Fsp3) is 1.00. The van der Waals surface area contributed by atoms with Gasteiger partial charge in [-0.15, -0.1) is 0 Å². The quantitative estimate of drug-likeness (QED) is 0.769. The third-order valence-corrected chi connectivity index (χ3v) is 3.71. The van der Waals surface area contributed by atoms with Crippen molar-refractivity contribution in [3.63, 3.8) is 0 Å². The lowest BCUT2D eigenvalue weighted by atomic mass is 9.81. The summed E-state index contributed by atoms with van der Waals surface area (Å²) in [6.07, 6.45) is 6.36. The molecule has 0 aromatic carbocycles. The van der Waals surface area contributed by atoms with Crippen molar-refractivity contribution in [2.75, 3.05) is 33.5 Å². The number of hydrogen-bond acceptors (Lipinski definition) is 3. The van der Waals surface area contributed by atoms with Gasteiger partial charge in [-0.2, -0.15) is 0 Å². The lowest BCUT2D eigenvalue weighted by Crippen LogP contribution is -2.53. The van der Waals surface area contributed by atoms with E-state index in [0.29, 0.717) is 0 Å². The van der Waals surface area contributed by atoms with Crippen LogP contribution in [0.15, 0.2) is 0 Å². The van der Waals surface area contributed by atoms with Crippen LogP contribution in [0.25, 0.3) is 0 Å². The second-order valence-corrected chi connectivity index (χ2v) is 5.03. The Morgan fingerprint density at radius 2 is 2.40 bits per heavy atom. The van der Waals surface area contributed by atoms with Crippen molar-refractivity contribution in [1.29, 1.82) is 0 Å².